The molecule has 1 heterocycles. The van der Waals surface area contributed by atoms with Crippen molar-refractivity contribution in [1.82, 2.24) is 4.98 Å². The molecule has 0 aliphatic rings. The Bertz CT molecular complexity index is 701. The third kappa shape index (κ3) is 2.64. The summed E-state index contributed by atoms with van der Waals surface area (Å²) in [7, 11) is 0. The highest BCUT2D eigenvalue weighted by Crippen LogP contribution is 2.20. The second kappa shape index (κ2) is 5.45. The summed E-state index contributed by atoms with van der Waals surface area (Å²) in [6, 6.07) is 18.7. The SMILES string of the molecule is Sc1ccccc1CCc1cccc2cccnc12. The third-order valence-electron chi connectivity index (χ3n) is 3.37. The van der Waals surface area contributed by atoms with Gasteiger partial charge in [0.1, 0.15) is 0 Å². The van der Waals surface area contributed by atoms with Crippen molar-refractivity contribution < 1.29 is 0 Å². The van der Waals surface area contributed by atoms with E-state index in [1.165, 1.54) is 16.5 Å². The molecular formula is C17H15NS. The first kappa shape index (κ1) is 12.2. The summed E-state index contributed by atoms with van der Waals surface area (Å²) in [4.78, 5) is 5.56. The Morgan fingerprint density at radius 3 is 2.42 bits per heavy atom. The van der Waals surface area contributed by atoms with Crippen LogP contribution in [0.15, 0.2) is 65.7 Å². The van der Waals surface area contributed by atoms with Gasteiger partial charge in [-0.25, -0.2) is 0 Å². The lowest BCUT2D eigenvalue weighted by atomic mass is 10.0. The van der Waals surface area contributed by atoms with E-state index in [0.717, 1.165) is 23.3 Å². The van der Waals surface area contributed by atoms with Gasteiger partial charge in [0.25, 0.3) is 0 Å². The van der Waals surface area contributed by atoms with Crippen LogP contribution in [0, 0.1) is 0 Å². The molecule has 0 aliphatic carbocycles. The second-order valence-electron chi connectivity index (χ2n) is 4.62. The van der Waals surface area contributed by atoms with Crippen molar-refractivity contribution in [3.05, 3.63) is 71.9 Å². The van der Waals surface area contributed by atoms with Gasteiger partial charge in [0.2, 0.25) is 0 Å². The number of hydrogen-bond acceptors (Lipinski definition) is 2. The Hall–Kier alpha value is -1.80. The van der Waals surface area contributed by atoms with Crippen molar-refractivity contribution >= 4 is 23.5 Å². The molecule has 3 rings (SSSR count). The number of hydrogen-bond donors (Lipinski definition) is 1. The molecule has 0 unspecified atom stereocenters. The van der Waals surface area contributed by atoms with Crippen LogP contribution in [0.3, 0.4) is 0 Å². The van der Waals surface area contributed by atoms with E-state index in [0.29, 0.717) is 0 Å². The van der Waals surface area contributed by atoms with Gasteiger partial charge in [-0.05, 0) is 36.1 Å². The summed E-state index contributed by atoms with van der Waals surface area (Å²) in [5.41, 5.74) is 3.70. The Morgan fingerprint density at radius 1 is 0.789 bits per heavy atom. The van der Waals surface area contributed by atoms with E-state index >= 15 is 0 Å². The van der Waals surface area contributed by atoms with Gasteiger partial charge in [0.15, 0.2) is 0 Å². The maximum Gasteiger partial charge on any atom is 0.0733 e. The van der Waals surface area contributed by atoms with Crippen molar-refractivity contribution in [3.8, 4) is 0 Å². The molecule has 0 saturated carbocycles. The number of aromatic nitrogens is 1. The predicted molar refractivity (Wildman–Crippen MR) is 82.8 cm³/mol. The molecule has 0 atom stereocenters. The number of para-hydroxylation sites is 1. The molecule has 0 N–H and O–H groups in total. The van der Waals surface area contributed by atoms with Gasteiger partial charge >= 0.3 is 0 Å². The van der Waals surface area contributed by atoms with Crippen LogP contribution in [0.1, 0.15) is 11.1 Å². The molecule has 0 aliphatic heterocycles. The summed E-state index contributed by atoms with van der Waals surface area (Å²) >= 11 is 4.50. The van der Waals surface area contributed by atoms with Gasteiger partial charge in [-0.3, -0.25) is 4.98 Å². The minimum atomic E-state index is 0.992. The van der Waals surface area contributed by atoms with E-state index in [1.54, 1.807) is 0 Å². The average Bonchev–Trinajstić information content (AvgIpc) is 2.46. The number of aryl methyl sites for hydroxylation is 2. The molecule has 0 saturated heterocycles. The van der Waals surface area contributed by atoms with Crippen molar-refractivity contribution in [2.75, 3.05) is 0 Å². The maximum atomic E-state index is 4.50. The predicted octanol–water partition coefficient (Wildman–Crippen LogP) is 4.31. The Balaban J connectivity index is 1.88. The monoisotopic (exact) mass is 265 g/mol. The van der Waals surface area contributed by atoms with Crippen LogP contribution in [0.2, 0.25) is 0 Å². The normalized spacial score (nSPS) is 10.8. The topological polar surface area (TPSA) is 12.9 Å². The molecule has 0 bridgehead atoms. The number of pyridine rings is 1. The van der Waals surface area contributed by atoms with Crippen LogP contribution in [-0.4, -0.2) is 4.98 Å². The first-order valence-electron chi connectivity index (χ1n) is 6.44. The minimum absolute atomic E-state index is 0.992. The lowest BCUT2D eigenvalue weighted by molar-refractivity contribution is 0.941. The fraction of sp³-hybridized carbons (Fsp3) is 0.118. The molecule has 1 aromatic heterocycles. The number of benzene rings is 2. The highest BCUT2D eigenvalue weighted by Gasteiger charge is 2.03. The Kier molecular flexibility index (Phi) is 3.51. The fourth-order valence-electron chi connectivity index (χ4n) is 2.36. The van der Waals surface area contributed by atoms with Crippen LogP contribution >= 0.6 is 12.6 Å². The summed E-state index contributed by atoms with van der Waals surface area (Å²) < 4.78 is 0. The van der Waals surface area contributed by atoms with Crippen molar-refractivity contribution in [2.24, 2.45) is 0 Å². The highest BCUT2D eigenvalue weighted by atomic mass is 32.1. The first-order chi connectivity index (χ1) is 9.34. The van der Waals surface area contributed by atoms with Crippen LogP contribution in [0.5, 0.6) is 0 Å². The zero-order valence-electron chi connectivity index (χ0n) is 10.6. The zero-order chi connectivity index (χ0) is 13.1. The van der Waals surface area contributed by atoms with Crippen molar-refractivity contribution in [1.29, 1.82) is 0 Å². The molecule has 3 aromatic rings. The summed E-state index contributed by atoms with van der Waals surface area (Å²) in [6.45, 7) is 0. The van der Waals surface area contributed by atoms with Gasteiger partial charge in [-0.2, -0.15) is 0 Å². The quantitative estimate of drug-likeness (QED) is 0.696. The molecule has 0 amide bonds. The average molecular weight is 265 g/mol. The lowest BCUT2D eigenvalue weighted by Gasteiger charge is -2.07. The highest BCUT2D eigenvalue weighted by molar-refractivity contribution is 7.80. The lowest BCUT2D eigenvalue weighted by Crippen LogP contribution is -1.94. The molecule has 94 valence electrons. The number of rotatable bonds is 3. The van der Waals surface area contributed by atoms with E-state index in [4.69, 9.17) is 0 Å². The van der Waals surface area contributed by atoms with Gasteiger partial charge in [0.05, 0.1) is 5.52 Å². The smallest absolute Gasteiger partial charge is 0.0733 e. The van der Waals surface area contributed by atoms with E-state index in [9.17, 15) is 0 Å². The number of fused-ring (bicyclic) bond motifs is 1. The van der Waals surface area contributed by atoms with Crippen molar-refractivity contribution in [3.63, 3.8) is 0 Å². The minimum Gasteiger partial charge on any atom is -0.256 e. The van der Waals surface area contributed by atoms with Gasteiger partial charge in [-0.1, -0.05) is 42.5 Å². The number of nitrogens with zero attached hydrogens (tertiary/aromatic N) is 1. The molecule has 0 spiro atoms. The van der Waals surface area contributed by atoms with E-state index in [2.05, 4.69) is 54.0 Å². The molecule has 2 heteroatoms. The zero-order valence-corrected chi connectivity index (χ0v) is 11.5. The van der Waals surface area contributed by atoms with E-state index in [1.807, 2.05) is 24.4 Å². The molecule has 0 fully saturated rings. The Labute approximate surface area is 118 Å². The maximum absolute atomic E-state index is 4.50. The van der Waals surface area contributed by atoms with Crippen molar-refractivity contribution in [2.45, 2.75) is 17.7 Å². The second-order valence-corrected chi connectivity index (χ2v) is 5.10. The van der Waals surface area contributed by atoms with Crippen LogP contribution in [0.25, 0.3) is 10.9 Å². The van der Waals surface area contributed by atoms with Gasteiger partial charge in [-0.15, -0.1) is 12.6 Å². The Morgan fingerprint density at radius 2 is 1.53 bits per heavy atom. The largest absolute Gasteiger partial charge is 0.256 e. The fourth-order valence-corrected chi connectivity index (χ4v) is 2.63. The number of thiol groups is 1. The van der Waals surface area contributed by atoms with Crippen LogP contribution < -0.4 is 0 Å². The van der Waals surface area contributed by atoms with E-state index < -0.39 is 0 Å². The summed E-state index contributed by atoms with van der Waals surface area (Å²) in [6.07, 6.45) is 3.85. The van der Waals surface area contributed by atoms with Gasteiger partial charge in [0, 0.05) is 16.5 Å². The molecule has 0 radical (unpaired) electrons. The molecule has 2 aromatic carbocycles. The molecule has 1 nitrogen and oxygen atoms in total. The first-order valence-corrected chi connectivity index (χ1v) is 6.89. The summed E-state index contributed by atoms with van der Waals surface area (Å²) in [5, 5.41) is 1.21. The van der Waals surface area contributed by atoms with Crippen LogP contribution in [-0.2, 0) is 12.8 Å². The standard InChI is InChI=1S/C17H15NS/c19-16-9-2-1-5-13(16)10-11-15-7-3-6-14-8-4-12-18-17(14)15/h1-9,12,19H,10-11H2. The van der Waals surface area contributed by atoms with E-state index in [-0.39, 0.29) is 0 Å². The summed E-state index contributed by atoms with van der Waals surface area (Å²) in [5.74, 6) is 0. The van der Waals surface area contributed by atoms with Crippen LogP contribution in [0.4, 0.5) is 0 Å². The molecular weight excluding hydrogens is 250 g/mol. The molecule has 19 heavy (non-hydrogen) atoms. The van der Waals surface area contributed by atoms with Gasteiger partial charge < -0.3 is 0 Å². The third-order valence-corrected chi connectivity index (χ3v) is 3.81.